The van der Waals surface area contributed by atoms with Crippen LogP contribution in [0.1, 0.15) is 11.1 Å². The first-order valence-electron chi connectivity index (χ1n) is 6.72. The van der Waals surface area contributed by atoms with Crippen molar-refractivity contribution in [1.29, 1.82) is 0 Å². The number of methoxy groups -OCH3 is 2. The fourth-order valence-electron chi connectivity index (χ4n) is 2.02. The maximum atomic E-state index is 5.66. The second-order valence-corrected chi connectivity index (χ2v) is 5.20. The van der Waals surface area contributed by atoms with Crippen LogP contribution in [-0.4, -0.2) is 50.4 Å². The van der Waals surface area contributed by atoms with E-state index in [1.807, 2.05) is 12.1 Å². The van der Waals surface area contributed by atoms with Gasteiger partial charge in [-0.05, 0) is 11.1 Å². The van der Waals surface area contributed by atoms with Crippen molar-refractivity contribution < 1.29 is 9.47 Å². The zero-order valence-electron chi connectivity index (χ0n) is 12.3. The van der Waals surface area contributed by atoms with Crippen molar-refractivity contribution in [3.05, 3.63) is 35.4 Å². The average Bonchev–Trinajstić information content (AvgIpc) is 2.43. The molecule has 0 heterocycles. The second kappa shape index (κ2) is 9.83. The lowest BCUT2D eigenvalue weighted by Crippen LogP contribution is -2.30. The smallest absolute Gasteiger partial charge is 0.0771 e. The third kappa shape index (κ3) is 6.43. The molecule has 0 aliphatic heterocycles. The van der Waals surface area contributed by atoms with Crippen molar-refractivity contribution in [2.75, 3.05) is 40.5 Å². The Morgan fingerprint density at radius 3 is 2.15 bits per heavy atom. The summed E-state index contributed by atoms with van der Waals surface area (Å²) in [7, 11) is 3.44. The molecule has 0 unspecified atom stereocenters. The van der Waals surface area contributed by atoms with Gasteiger partial charge in [-0.25, -0.2) is 0 Å². The molecule has 0 atom stereocenters. The Bertz CT molecular complexity index is 405. The van der Waals surface area contributed by atoms with Crippen LogP contribution in [0, 0.1) is 0 Å². The summed E-state index contributed by atoms with van der Waals surface area (Å²) in [5, 5.41) is 0. The van der Waals surface area contributed by atoms with Crippen molar-refractivity contribution in [3.8, 4) is 0 Å². The van der Waals surface area contributed by atoms with Gasteiger partial charge in [-0.3, -0.25) is 4.90 Å². The van der Waals surface area contributed by atoms with Crippen LogP contribution in [0.4, 0.5) is 0 Å². The number of hydrogen-bond acceptors (Lipinski definition) is 4. The largest absolute Gasteiger partial charge is 0.393 e. The monoisotopic (exact) mass is 296 g/mol. The third-order valence-corrected chi connectivity index (χ3v) is 3.24. The van der Waals surface area contributed by atoms with Crippen LogP contribution < -0.4 is 5.73 Å². The van der Waals surface area contributed by atoms with E-state index in [4.69, 9.17) is 27.4 Å². The summed E-state index contributed by atoms with van der Waals surface area (Å²) in [5.41, 5.74) is 8.11. The van der Waals surface area contributed by atoms with E-state index in [-0.39, 0.29) is 0 Å². The van der Waals surface area contributed by atoms with E-state index >= 15 is 0 Å². The standard InChI is InChI=1S/C15H24N2O2S/c1-18-9-7-17(8-10-19-2)12-14-6-4-3-5-13(14)11-15(16)20/h3-6H,7-12H2,1-2H3,(H2,16,20). The predicted molar refractivity (Wildman–Crippen MR) is 86.0 cm³/mol. The summed E-state index contributed by atoms with van der Waals surface area (Å²) in [5.74, 6) is 0. The molecule has 0 aromatic heterocycles. The molecule has 0 radical (unpaired) electrons. The number of ether oxygens (including phenoxy) is 2. The molecule has 0 amide bonds. The van der Waals surface area contributed by atoms with Crippen LogP contribution in [-0.2, 0) is 22.4 Å². The topological polar surface area (TPSA) is 47.7 Å². The molecule has 0 spiro atoms. The molecule has 5 heteroatoms. The van der Waals surface area contributed by atoms with E-state index in [0.29, 0.717) is 24.6 Å². The lowest BCUT2D eigenvalue weighted by atomic mass is 10.0. The van der Waals surface area contributed by atoms with Gasteiger partial charge in [0.25, 0.3) is 0 Å². The van der Waals surface area contributed by atoms with Crippen molar-refractivity contribution in [2.24, 2.45) is 5.73 Å². The van der Waals surface area contributed by atoms with E-state index in [9.17, 15) is 0 Å². The van der Waals surface area contributed by atoms with E-state index < -0.39 is 0 Å². The van der Waals surface area contributed by atoms with Crippen LogP contribution in [0.5, 0.6) is 0 Å². The first-order chi connectivity index (χ1) is 9.67. The highest BCUT2D eigenvalue weighted by atomic mass is 32.1. The van der Waals surface area contributed by atoms with Crippen LogP contribution in [0.2, 0.25) is 0 Å². The Balaban J connectivity index is 2.72. The summed E-state index contributed by atoms with van der Waals surface area (Å²) in [6, 6.07) is 8.27. The molecule has 1 aromatic carbocycles. The number of thiocarbonyl (C=S) groups is 1. The lowest BCUT2D eigenvalue weighted by Gasteiger charge is -2.23. The van der Waals surface area contributed by atoms with Gasteiger partial charge in [0.05, 0.1) is 18.2 Å². The average molecular weight is 296 g/mol. The van der Waals surface area contributed by atoms with E-state index in [1.54, 1.807) is 14.2 Å². The summed E-state index contributed by atoms with van der Waals surface area (Å²) >= 11 is 5.01. The molecule has 20 heavy (non-hydrogen) atoms. The second-order valence-electron chi connectivity index (χ2n) is 4.67. The molecule has 4 nitrogen and oxygen atoms in total. The Labute approximate surface area is 126 Å². The highest BCUT2D eigenvalue weighted by Gasteiger charge is 2.09. The molecular formula is C15H24N2O2S. The Morgan fingerprint density at radius 1 is 1.10 bits per heavy atom. The molecule has 0 saturated heterocycles. The fraction of sp³-hybridized carbons (Fsp3) is 0.533. The van der Waals surface area contributed by atoms with E-state index in [2.05, 4.69) is 17.0 Å². The Morgan fingerprint density at radius 2 is 1.65 bits per heavy atom. The molecule has 0 aliphatic rings. The Hall–Kier alpha value is -1.01. The molecule has 0 aliphatic carbocycles. The van der Waals surface area contributed by atoms with Gasteiger partial charge in [-0.15, -0.1) is 0 Å². The molecular weight excluding hydrogens is 272 g/mol. The predicted octanol–water partition coefficient (Wildman–Crippen LogP) is 1.61. The summed E-state index contributed by atoms with van der Waals surface area (Å²) in [6.07, 6.45) is 0.647. The van der Waals surface area contributed by atoms with Crippen molar-refractivity contribution >= 4 is 17.2 Å². The quantitative estimate of drug-likeness (QED) is 0.665. The van der Waals surface area contributed by atoms with Gasteiger partial charge < -0.3 is 15.2 Å². The molecule has 0 saturated carbocycles. The molecule has 0 fully saturated rings. The number of benzene rings is 1. The SMILES string of the molecule is COCCN(CCOC)Cc1ccccc1CC(N)=S. The summed E-state index contributed by atoms with van der Waals surface area (Å²) in [4.78, 5) is 2.84. The summed E-state index contributed by atoms with van der Waals surface area (Å²) in [6.45, 7) is 4.02. The molecule has 1 rings (SSSR count). The van der Waals surface area contributed by atoms with Crippen LogP contribution in [0.15, 0.2) is 24.3 Å². The number of rotatable bonds is 10. The van der Waals surface area contributed by atoms with Crippen LogP contribution in [0.3, 0.4) is 0 Å². The minimum atomic E-state index is 0.526. The highest BCUT2D eigenvalue weighted by molar-refractivity contribution is 7.80. The molecule has 112 valence electrons. The zero-order chi connectivity index (χ0) is 14.8. The maximum absolute atomic E-state index is 5.66. The molecule has 2 N–H and O–H groups in total. The Kier molecular flexibility index (Phi) is 8.37. The maximum Gasteiger partial charge on any atom is 0.0771 e. The van der Waals surface area contributed by atoms with Gasteiger partial charge in [0, 0.05) is 40.3 Å². The minimum absolute atomic E-state index is 0.526. The zero-order valence-corrected chi connectivity index (χ0v) is 13.1. The number of hydrogen-bond donors (Lipinski definition) is 1. The number of nitrogens with two attached hydrogens (primary N) is 1. The highest BCUT2D eigenvalue weighted by Crippen LogP contribution is 2.12. The van der Waals surface area contributed by atoms with Crippen molar-refractivity contribution in [1.82, 2.24) is 4.90 Å². The molecule has 0 bridgehead atoms. The normalized spacial score (nSPS) is 10.9. The molecule has 1 aromatic rings. The van der Waals surface area contributed by atoms with Gasteiger partial charge in [0.2, 0.25) is 0 Å². The van der Waals surface area contributed by atoms with Crippen molar-refractivity contribution in [2.45, 2.75) is 13.0 Å². The number of nitrogens with zero attached hydrogens (tertiary/aromatic N) is 1. The van der Waals surface area contributed by atoms with E-state index in [1.165, 1.54) is 11.1 Å². The lowest BCUT2D eigenvalue weighted by molar-refractivity contribution is 0.110. The van der Waals surface area contributed by atoms with Crippen LogP contribution >= 0.6 is 12.2 Å². The first-order valence-corrected chi connectivity index (χ1v) is 7.13. The minimum Gasteiger partial charge on any atom is -0.393 e. The van der Waals surface area contributed by atoms with Gasteiger partial charge in [-0.1, -0.05) is 36.5 Å². The van der Waals surface area contributed by atoms with Crippen LogP contribution in [0.25, 0.3) is 0 Å². The fourth-order valence-corrected chi connectivity index (χ4v) is 2.18. The van der Waals surface area contributed by atoms with E-state index in [0.717, 1.165) is 19.6 Å². The first kappa shape index (κ1) is 17.0. The third-order valence-electron chi connectivity index (χ3n) is 3.10. The van der Waals surface area contributed by atoms with Gasteiger partial charge in [0.1, 0.15) is 0 Å². The van der Waals surface area contributed by atoms with Crippen molar-refractivity contribution in [3.63, 3.8) is 0 Å². The van der Waals surface area contributed by atoms with Gasteiger partial charge >= 0.3 is 0 Å². The van der Waals surface area contributed by atoms with Gasteiger partial charge in [0.15, 0.2) is 0 Å². The van der Waals surface area contributed by atoms with Gasteiger partial charge in [-0.2, -0.15) is 0 Å². The summed E-state index contributed by atoms with van der Waals surface area (Å²) < 4.78 is 10.3.